The van der Waals surface area contributed by atoms with Crippen molar-refractivity contribution < 1.29 is 9.53 Å². The van der Waals surface area contributed by atoms with Crippen LogP contribution >= 0.6 is 11.3 Å². The summed E-state index contributed by atoms with van der Waals surface area (Å²) in [5.41, 5.74) is 1.03. The number of benzene rings is 2. The van der Waals surface area contributed by atoms with Crippen molar-refractivity contribution in [2.75, 3.05) is 5.32 Å². The summed E-state index contributed by atoms with van der Waals surface area (Å²) in [6, 6.07) is 16.6. The molecule has 0 saturated carbocycles. The van der Waals surface area contributed by atoms with E-state index in [0.29, 0.717) is 32.1 Å². The largest absolute Gasteiger partial charge is 0.457 e. The number of rotatable bonds is 4. The molecule has 0 bridgehead atoms. The maximum atomic E-state index is 12.6. The van der Waals surface area contributed by atoms with Crippen LogP contribution in [-0.2, 0) is 0 Å². The Morgan fingerprint density at radius 1 is 1.07 bits per heavy atom. The molecule has 0 spiro atoms. The summed E-state index contributed by atoms with van der Waals surface area (Å²) in [6.07, 6.45) is 1.34. The second kappa shape index (κ2) is 7.05. The van der Waals surface area contributed by atoms with Crippen molar-refractivity contribution in [2.24, 2.45) is 0 Å². The van der Waals surface area contributed by atoms with Crippen molar-refractivity contribution in [3.8, 4) is 11.5 Å². The Kier molecular flexibility index (Phi) is 4.43. The van der Waals surface area contributed by atoms with Gasteiger partial charge in [-0.05, 0) is 48.9 Å². The molecule has 1 amide bonds. The van der Waals surface area contributed by atoms with Crippen LogP contribution < -0.4 is 15.6 Å². The van der Waals surface area contributed by atoms with Gasteiger partial charge in [0.1, 0.15) is 16.3 Å². The number of amides is 1. The molecule has 27 heavy (non-hydrogen) atoms. The second-order valence-corrected chi connectivity index (χ2v) is 6.86. The Balaban J connectivity index is 1.52. The van der Waals surface area contributed by atoms with Crippen LogP contribution in [0.1, 0.15) is 15.2 Å². The molecule has 0 fully saturated rings. The van der Waals surface area contributed by atoms with Gasteiger partial charge in [-0.3, -0.25) is 9.59 Å². The first-order valence-electron chi connectivity index (χ1n) is 8.23. The molecule has 2 aromatic carbocycles. The fourth-order valence-electron chi connectivity index (χ4n) is 2.71. The fourth-order valence-corrected chi connectivity index (χ4v) is 3.76. The van der Waals surface area contributed by atoms with Crippen molar-refractivity contribution in [1.82, 2.24) is 9.97 Å². The molecule has 0 saturated heterocycles. The number of aryl methyl sites for hydroxylation is 1. The Bertz CT molecular complexity index is 1160. The number of para-hydroxylation sites is 1. The Hall–Kier alpha value is -3.45. The highest BCUT2D eigenvalue weighted by molar-refractivity contribution is 7.20. The summed E-state index contributed by atoms with van der Waals surface area (Å²) < 4.78 is 5.74. The molecular weight excluding hydrogens is 362 g/mol. The summed E-state index contributed by atoms with van der Waals surface area (Å²) >= 11 is 1.20. The summed E-state index contributed by atoms with van der Waals surface area (Å²) in [5.74, 6) is 1.15. The summed E-state index contributed by atoms with van der Waals surface area (Å²) in [4.78, 5) is 32.3. The Morgan fingerprint density at radius 3 is 2.48 bits per heavy atom. The molecule has 0 aliphatic rings. The second-order valence-electron chi connectivity index (χ2n) is 5.86. The molecule has 0 atom stereocenters. The molecule has 7 heteroatoms. The number of carbonyl (C=O) groups excluding carboxylic acids is 1. The van der Waals surface area contributed by atoms with E-state index >= 15 is 0 Å². The van der Waals surface area contributed by atoms with Gasteiger partial charge in [-0.15, -0.1) is 11.3 Å². The number of carbonyl (C=O) groups is 1. The minimum absolute atomic E-state index is 0.241. The van der Waals surface area contributed by atoms with Gasteiger partial charge in [-0.25, -0.2) is 4.98 Å². The number of ether oxygens (including phenoxy) is 1. The van der Waals surface area contributed by atoms with E-state index in [1.54, 1.807) is 31.2 Å². The summed E-state index contributed by atoms with van der Waals surface area (Å²) in [5, 5.41) is 3.30. The first-order valence-corrected chi connectivity index (χ1v) is 9.04. The smallest absolute Gasteiger partial charge is 0.266 e. The van der Waals surface area contributed by atoms with Gasteiger partial charge in [0.15, 0.2) is 0 Å². The highest BCUT2D eigenvalue weighted by Gasteiger charge is 2.18. The molecule has 2 aromatic heterocycles. The third-order valence-corrected chi connectivity index (χ3v) is 5.23. The molecule has 0 aliphatic carbocycles. The number of hydrogen-bond acceptors (Lipinski definition) is 5. The highest BCUT2D eigenvalue weighted by Crippen LogP contribution is 2.28. The van der Waals surface area contributed by atoms with Gasteiger partial charge in [0.2, 0.25) is 0 Å². The van der Waals surface area contributed by atoms with Gasteiger partial charge in [0.05, 0.1) is 16.6 Å². The van der Waals surface area contributed by atoms with Crippen LogP contribution in [0.25, 0.3) is 10.2 Å². The normalized spacial score (nSPS) is 10.7. The number of hydrogen-bond donors (Lipinski definition) is 2. The average Bonchev–Trinajstić information content (AvgIpc) is 3.02. The fraction of sp³-hybridized carbons (Fsp3) is 0.0500. The Labute approximate surface area is 158 Å². The van der Waals surface area contributed by atoms with Crippen LogP contribution in [0, 0.1) is 6.92 Å². The zero-order valence-corrected chi connectivity index (χ0v) is 15.2. The topological polar surface area (TPSA) is 84.1 Å². The molecule has 0 radical (unpaired) electrons. The van der Waals surface area contributed by atoms with Gasteiger partial charge < -0.3 is 15.0 Å². The van der Waals surface area contributed by atoms with E-state index in [1.165, 1.54) is 17.7 Å². The SMILES string of the molecule is Cc1c(C(=O)Nc2ccc(Oc3ccccc3)cc2)sc2nc[nH]c(=O)c12. The predicted octanol–water partition coefficient (Wildman–Crippen LogP) is 4.34. The van der Waals surface area contributed by atoms with Crippen molar-refractivity contribution in [3.05, 3.63) is 81.7 Å². The number of H-pyrrole nitrogens is 1. The molecule has 4 aromatic rings. The molecule has 4 rings (SSSR count). The number of nitrogens with one attached hydrogen (secondary N) is 2. The number of aromatic amines is 1. The number of nitrogens with zero attached hydrogens (tertiary/aromatic N) is 1. The van der Waals surface area contributed by atoms with Gasteiger partial charge in [0.25, 0.3) is 11.5 Å². The number of thiophene rings is 1. The van der Waals surface area contributed by atoms with Gasteiger partial charge in [0, 0.05) is 5.69 Å². The van der Waals surface area contributed by atoms with E-state index in [2.05, 4.69) is 15.3 Å². The maximum absolute atomic E-state index is 12.6. The van der Waals surface area contributed by atoms with Crippen LogP contribution in [0.15, 0.2) is 65.7 Å². The average molecular weight is 377 g/mol. The van der Waals surface area contributed by atoms with E-state index < -0.39 is 0 Å². The number of aromatic nitrogens is 2. The van der Waals surface area contributed by atoms with E-state index in [1.807, 2.05) is 30.3 Å². The van der Waals surface area contributed by atoms with Crippen molar-refractivity contribution in [3.63, 3.8) is 0 Å². The molecule has 0 aliphatic heterocycles. The monoisotopic (exact) mass is 377 g/mol. The van der Waals surface area contributed by atoms with Crippen molar-refractivity contribution >= 4 is 33.1 Å². The zero-order valence-electron chi connectivity index (χ0n) is 14.4. The van der Waals surface area contributed by atoms with Gasteiger partial charge >= 0.3 is 0 Å². The lowest BCUT2D eigenvalue weighted by Crippen LogP contribution is -2.12. The lowest BCUT2D eigenvalue weighted by atomic mass is 10.2. The van der Waals surface area contributed by atoms with Crippen LogP contribution in [0.4, 0.5) is 5.69 Å². The van der Waals surface area contributed by atoms with Crippen molar-refractivity contribution in [1.29, 1.82) is 0 Å². The molecule has 2 N–H and O–H groups in total. The van der Waals surface area contributed by atoms with E-state index in [9.17, 15) is 9.59 Å². The third kappa shape index (κ3) is 3.45. The van der Waals surface area contributed by atoms with Gasteiger partial charge in [-0.2, -0.15) is 0 Å². The Morgan fingerprint density at radius 2 is 1.78 bits per heavy atom. The minimum Gasteiger partial charge on any atom is -0.457 e. The van der Waals surface area contributed by atoms with Crippen molar-refractivity contribution in [2.45, 2.75) is 6.92 Å². The standard InChI is InChI=1S/C20H15N3O3S/c1-12-16-18(24)21-11-22-20(16)27-17(12)19(25)23-13-7-9-15(10-8-13)26-14-5-3-2-4-6-14/h2-11H,1H3,(H,23,25)(H,21,22,24). The van der Waals surface area contributed by atoms with Crippen LogP contribution in [-0.4, -0.2) is 15.9 Å². The zero-order chi connectivity index (χ0) is 18.8. The van der Waals surface area contributed by atoms with Gasteiger partial charge in [-0.1, -0.05) is 18.2 Å². The van der Waals surface area contributed by atoms with E-state index in [-0.39, 0.29) is 11.5 Å². The van der Waals surface area contributed by atoms with Crippen LogP contribution in [0.3, 0.4) is 0 Å². The lowest BCUT2D eigenvalue weighted by molar-refractivity contribution is 0.103. The molecular formula is C20H15N3O3S. The van der Waals surface area contributed by atoms with E-state index in [0.717, 1.165) is 5.75 Å². The number of fused-ring (bicyclic) bond motifs is 1. The summed E-state index contributed by atoms with van der Waals surface area (Å²) in [6.45, 7) is 1.75. The molecule has 134 valence electrons. The summed E-state index contributed by atoms with van der Waals surface area (Å²) in [7, 11) is 0. The third-order valence-electron chi connectivity index (χ3n) is 4.03. The quantitative estimate of drug-likeness (QED) is 0.554. The van der Waals surface area contributed by atoms with Crippen LogP contribution in [0.2, 0.25) is 0 Å². The lowest BCUT2D eigenvalue weighted by Gasteiger charge is -2.08. The minimum atomic E-state index is -0.272. The molecule has 2 heterocycles. The molecule has 0 unspecified atom stereocenters. The highest BCUT2D eigenvalue weighted by atomic mass is 32.1. The van der Waals surface area contributed by atoms with Crippen LogP contribution in [0.5, 0.6) is 11.5 Å². The van der Waals surface area contributed by atoms with E-state index in [4.69, 9.17) is 4.74 Å². The molecule has 6 nitrogen and oxygen atoms in total. The number of anilines is 1. The predicted molar refractivity (Wildman–Crippen MR) is 106 cm³/mol. The first kappa shape index (κ1) is 17.0. The maximum Gasteiger partial charge on any atom is 0.266 e. The first-order chi connectivity index (χ1) is 13.1.